The first-order valence-corrected chi connectivity index (χ1v) is 7.83. The van der Waals surface area contributed by atoms with Crippen LogP contribution in [0, 0.1) is 0 Å². The SMILES string of the molecule is CCCC(OC)c1noc(-c2c(N)sc3c2CCC3)n1. The summed E-state index contributed by atoms with van der Waals surface area (Å²) >= 11 is 1.65. The van der Waals surface area contributed by atoms with Gasteiger partial charge >= 0.3 is 0 Å². The van der Waals surface area contributed by atoms with Crippen molar-refractivity contribution in [3.05, 3.63) is 16.3 Å². The number of methoxy groups -OCH3 is 1. The molecule has 1 aliphatic rings. The molecule has 1 atom stereocenters. The van der Waals surface area contributed by atoms with Crippen molar-refractivity contribution in [1.29, 1.82) is 0 Å². The predicted octanol–water partition coefficient (Wildman–Crippen LogP) is 3.36. The minimum Gasteiger partial charge on any atom is -0.390 e. The standard InChI is InChI=1S/C14H19N3O2S/c1-3-5-9(18-2)13-16-14(19-17-13)11-8-6-4-7-10(8)20-12(11)15/h9H,3-7,15H2,1-2H3. The monoisotopic (exact) mass is 293 g/mol. The van der Waals surface area contributed by atoms with Crippen LogP contribution in [0.1, 0.15) is 48.6 Å². The van der Waals surface area contributed by atoms with E-state index in [0.717, 1.165) is 36.2 Å². The largest absolute Gasteiger partial charge is 0.390 e. The molecule has 1 aliphatic carbocycles. The maximum atomic E-state index is 6.12. The second-order valence-electron chi connectivity index (χ2n) is 5.07. The van der Waals surface area contributed by atoms with Gasteiger partial charge in [-0.05, 0) is 31.2 Å². The zero-order valence-electron chi connectivity index (χ0n) is 11.8. The molecule has 2 heterocycles. The summed E-state index contributed by atoms with van der Waals surface area (Å²) in [6.45, 7) is 2.11. The van der Waals surface area contributed by atoms with Gasteiger partial charge in [-0.3, -0.25) is 0 Å². The first-order valence-electron chi connectivity index (χ1n) is 7.01. The van der Waals surface area contributed by atoms with Gasteiger partial charge in [-0.25, -0.2) is 0 Å². The number of nitrogens with two attached hydrogens (primary N) is 1. The average molecular weight is 293 g/mol. The number of thiophene rings is 1. The summed E-state index contributed by atoms with van der Waals surface area (Å²) in [5, 5.41) is 4.85. The Hall–Kier alpha value is -1.40. The Morgan fingerprint density at radius 1 is 1.45 bits per heavy atom. The van der Waals surface area contributed by atoms with E-state index in [1.165, 1.54) is 16.9 Å². The Kier molecular flexibility index (Phi) is 3.76. The molecule has 5 nitrogen and oxygen atoms in total. The van der Waals surface area contributed by atoms with Crippen molar-refractivity contribution in [2.45, 2.75) is 45.1 Å². The Balaban J connectivity index is 1.94. The molecule has 1 unspecified atom stereocenters. The minimum absolute atomic E-state index is 0.106. The highest BCUT2D eigenvalue weighted by Crippen LogP contribution is 2.43. The van der Waals surface area contributed by atoms with Crippen LogP contribution < -0.4 is 5.73 Å². The summed E-state index contributed by atoms with van der Waals surface area (Å²) < 4.78 is 10.8. The van der Waals surface area contributed by atoms with Crippen LogP contribution >= 0.6 is 11.3 Å². The third-order valence-electron chi connectivity index (χ3n) is 3.73. The van der Waals surface area contributed by atoms with Crippen LogP contribution in [0.4, 0.5) is 5.00 Å². The molecule has 0 amide bonds. The lowest BCUT2D eigenvalue weighted by Gasteiger charge is -2.08. The number of anilines is 1. The first kappa shape index (κ1) is 13.6. The number of hydrogen-bond donors (Lipinski definition) is 1. The third kappa shape index (κ3) is 2.23. The van der Waals surface area contributed by atoms with E-state index in [1.807, 2.05) is 0 Å². The van der Waals surface area contributed by atoms with Crippen molar-refractivity contribution in [1.82, 2.24) is 10.1 Å². The van der Waals surface area contributed by atoms with Gasteiger partial charge < -0.3 is 15.0 Å². The number of nitrogen functional groups attached to an aromatic ring is 1. The molecule has 2 N–H and O–H groups in total. The molecule has 108 valence electrons. The van der Waals surface area contributed by atoms with Gasteiger partial charge in [0, 0.05) is 12.0 Å². The maximum absolute atomic E-state index is 6.12. The molecule has 0 radical (unpaired) electrons. The molecular weight excluding hydrogens is 274 g/mol. The minimum atomic E-state index is -0.106. The fourth-order valence-electron chi connectivity index (χ4n) is 2.74. The molecular formula is C14H19N3O2S. The highest BCUT2D eigenvalue weighted by molar-refractivity contribution is 7.16. The van der Waals surface area contributed by atoms with E-state index in [4.69, 9.17) is 15.0 Å². The number of nitrogens with zero attached hydrogens (tertiary/aromatic N) is 2. The van der Waals surface area contributed by atoms with E-state index in [2.05, 4.69) is 17.1 Å². The van der Waals surface area contributed by atoms with E-state index in [0.29, 0.717) is 11.7 Å². The highest BCUT2D eigenvalue weighted by Gasteiger charge is 2.26. The lowest BCUT2D eigenvalue weighted by molar-refractivity contribution is 0.0854. The molecule has 0 saturated heterocycles. The molecule has 2 aromatic rings. The van der Waals surface area contributed by atoms with E-state index in [9.17, 15) is 0 Å². The number of fused-ring (bicyclic) bond motifs is 1. The quantitative estimate of drug-likeness (QED) is 0.915. The van der Waals surface area contributed by atoms with Gasteiger partial charge in [0.1, 0.15) is 6.10 Å². The highest BCUT2D eigenvalue weighted by atomic mass is 32.1. The second-order valence-corrected chi connectivity index (χ2v) is 6.20. The molecule has 0 fully saturated rings. The Morgan fingerprint density at radius 2 is 2.30 bits per heavy atom. The van der Waals surface area contributed by atoms with Crippen molar-refractivity contribution in [2.24, 2.45) is 0 Å². The average Bonchev–Trinajstić information content (AvgIpc) is 3.11. The number of ether oxygens (including phenoxy) is 1. The fourth-order valence-corrected chi connectivity index (χ4v) is 3.89. The number of hydrogen-bond acceptors (Lipinski definition) is 6. The molecule has 0 aliphatic heterocycles. The van der Waals surface area contributed by atoms with Crippen LogP contribution in [0.3, 0.4) is 0 Å². The number of rotatable bonds is 5. The molecule has 0 bridgehead atoms. The van der Waals surface area contributed by atoms with E-state index >= 15 is 0 Å². The Bertz CT molecular complexity index is 606. The van der Waals surface area contributed by atoms with Gasteiger partial charge in [0.2, 0.25) is 5.82 Å². The van der Waals surface area contributed by atoms with Crippen LogP contribution in [0.15, 0.2) is 4.52 Å². The fraction of sp³-hybridized carbons (Fsp3) is 0.571. The Labute approximate surface area is 122 Å². The van der Waals surface area contributed by atoms with Crippen LogP contribution in [0.5, 0.6) is 0 Å². The van der Waals surface area contributed by atoms with E-state index in [-0.39, 0.29) is 6.10 Å². The summed E-state index contributed by atoms with van der Waals surface area (Å²) in [6.07, 6.45) is 5.14. The summed E-state index contributed by atoms with van der Waals surface area (Å²) in [7, 11) is 1.67. The first-order chi connectivity index (χ1) is 9.74. The molecule has 6 heteroatoms. The molecule has 2 aromatic heterocycles. The second kappa shape index (κ2) is 5.54. The predicted molar refractivity (Wildman–Crippen MR) is 78.7 cm³/mol. The van der Waals surface area contributed by atoms with Gasteiger partial charge in [0.05, 0.1) is 10.6 Å². The van der Waals surface area contributed by atoms with Crippen LogP contribution in [-0.4, -0.2) is 17.3 Å². The summed E-state index contributed by atoms with van der Waals surface area (Å²) in [6, 6.07) is 0. The van der Waals surface area contributed by atoms with Gasteiger partial charge in [-0.15, -0.1) is 11.3 Å². The molecule has 0 aromatic carbocycles. The molecule has 0 saturated carbocycles. The van der Waals surface area contributed by atoms with Crippen molar-refractivity contribution in [3.63, 3.8) is 0 Å². The van der Waals surface area contributed by atoms with Crippen molar-refractivity contribution < 1.29 is 9.26 Å². The molecule has 20 heavy (non-hydrogen) atoms. The van der Waals surface area contributed by atoms with Crippen molar-refractivity contribution >= 4 is 16.3 Å². The van der Waals surface area contributed by atoms with Gasteiger partial charge in [-0.2, -0.15) is 4.98 Å². The zero-order chi connectivity index (χ0) is 14.1. The third-order valence-corrected chi connectivity index (χ3v) is 4.85. The smallest absolute Gasteiger partial charge is 0.261 e. The van der Waals surface area contributed by atoms with Crippen LogP contribution in [0.25, 0.3) is 11.5 Å². The Morgan fingerprint density at radius 3 is 3.05 bits per heavy atom. The van der Waals surface area contributed by atoms with Gasteiger partial charge in [0.15, 0.2) is 0 Å². The van der Waals surface area contributed by atoms with Crippen LogP contribution in [-0.2, 0) is 17.6 Å². The summed E-state index contributed by atoms with van der Waals surface area (Å²) in [5.74, 6) is 1.15. The number of aryl methyl sites for hydroxylation is 1. The van der Waals surface area contributed by atoms with Crippen LogP contribution in [0.2, 0.25) is 0 Å². The molecule has 3 rings (SSSR count). The topological polar surface area (TPSA) is 74.2 Å². The van der Waals surface area contributed by atoms with Crippen molar-refractivity contribution in [2.75, 3.05) is 12.8 Å². The summed E-state index contributed by atoms with van der Waals surface area (Å²) in [4.78, 5) is 5.87. The van der Waals surface area contributed by atoms with Gasteiger partial charge in [0.25, 0.3) is 5.89 Å². The van der Waals surface area contributed by atoms with E-state index in [1.54, 1.807) is 18.4 Å². The lowest BCUT2D eigenvalue weighted by atomic mass is 10.1. The van der Waals surface area contributed by atoms with E-state index < -0.39 is 0 Å². The number of aromatic nitrogens is 2. The molecule has 0 spiro atoms. The maximum Gasteiger partial charge on any atom is 0.261 e. The summed E-state index contributed by atoms with van der Waals surface area (Å²) in [5.41, 5.74) is 8.37. The van der Waals surface area contributed by atoms with Gasteiger partial charge in [-0.1, -0.05) is 18.5 Å². The normalized spacial score (nSPS) is 15.5. The zero-order valence-corrected chi connectivity index (χ0v) is 12.6. The lowest BCUT2D eigenvalue weighted by Crippen LogP contribution is -2.03. The van der Waals surface area contributed by atoms with Crippen molar-refractivity contribution in [3.8, 4) is 11.5 Å².